The van der Waals surface area contributed by atoms with Gasteiger partial charge in [0.2, 0.25) is 0 Å². The first-order valence-corrected chi connectivity index (χ1v) is 5.58. The van der Waals surface area contributed by atoms with Crippen molar-refractivity contribution in [3.63, 3.8) is 0 Å². The van der Waals surface area contributed by atoms with Crippen LogP contribution in [0.15, 0.2) is 18.2 Å². The number of nitrogen functional groups attached to an aromatic ring is 1. The minimum absolute atomic E-state index is 0.0520. The topological polar surface area (TPSA) is 44.5 Å². The van der Waals surface area contributed by atoms with E-state index in [0.29, 0.717) is 23.6 Å². The first-order chi connectivity index (χ1) is 8.42. The summed E-state index contributed by atoms with van der Waals surface area (Å²) in [6.07, 6.45) is -5.16. The fourth-order valence-electron chi connectivity index (χ4n) is 1.38. The molecule has 1 rings (SSSR count). The lowest BCUT2D eigenvalue weighted by Gasteiger charge is -2.12. The summed E-state index contributed by atoms with van der Waals surface area (Å²) in [4.78, 5) is 0. The molecule has 0 spiro atoms. The molecule has 0 heterocycles. The third-order valence-corrected chi connectivity index (χ3v) is 2.17. The second-order valence-electron chi connectivity index (χ2n) is 3.72. The molecule has 0 unspecified atom stereocenters. The maximum atomic E-state index is 11.9. The van der Waals surface area contributed by atoms with E-state index in [1.807, 2.05) is 6.92 Å². The maximum Gasteiger partial charge on any atom is 0.391 e. The lowest BCUT2D eigenvalue weighted by atomic mass is 10.2. The predicted octanol–water partition coefficient (Wildman–Crippen LogP) is 3.14. The lowest BCUT2D eigenvalue weighted by Crippen LogP contribution is -2.11. The number of benzene rings is 1. The van der Waals surface area contributed by atoms with Gasteiger partial charge in [0.1, 0.15) is 5.75 Å². The van der Waals surface area contributed by atoms with Gasteiger partial charge in [-0.05, 0) is 25.1 Å². The highest BCUT2D eigenvalue weighted by molar-refractivity contribution is 5.47. The summed E-state index contributed by atoms with van der Waals surface area (Å²) in [7, 11) is 0. The van der Waals surface area contributed by atoms with Crippen molar-refractivity contribution < 1.29 is 22.6 Å². The Morgan fingerprint density at radius 2 is 2.00 bits per heavy atom. The van der Waals surface area contributed by atoms with Gasteiger partial charge in [0.05, 0.1) is 26.2 Å². The Morgan fingerprint density at radius 1 is 1.28 bits per heavy atom. The number of halogens is 3. The van der Waals surface area contributed by atoms with Crippen LogP contribution in [0.5, 0.6) is 5.75 Å². The molecule has 0 saturated heterocycles. The second-order valence-corrected chi connectivity index (χ2v) is 3.72. The third-order valence-electron chi connectivity index (χ3n) is 2.17. The zero-order valence-electron chi connectivity index (χ0n) is 10.1. The molecule has 0 amide bonds. The van der Waals surface area contributed by atoms with Gasteiger partial charge in [-0.25, -0.2) is 0 Å². The van der Waals surface area contributed by atoms with Crippen LogP contribution in [0, 0.1) is 0 Å². The smallest absolute Gasteiger partial charge is 0.391 e. The van der Waals surface area contributed by atoms with Crippen LogP contribution in [-0.4, -0.2) is 19.4 Å². The normalized spacial score (nSPS) is 11.6. The average molecular weight is 263 g/mol. The first kappa shape index (κ1) is 14.6. The quantitative estimate of drug-likeness (QED) is 0.633. The molecule has 0 fully saturated rings. The zero-order chi connectivity index (χ0) is 13.6. The molecule has 1 aromatic rings. The maximum absolute atomic E-state index is 11.9. The first-order valence-electron chi connectivity index (χ1n) is 5.58. The minimum atomic E-state index is -4.20. The number of nitrogens with two attached hydrogens (primary N) is 1. The zero-order valence-corrected chi connectivity index (χ0v) is 10.1. The van der Waals surface area contributed by atoms with E-state index in [1.54, 1.807) is 18.2 Å². The van der Waals surface area contributed by atoms with Crippen LogP contribution in [0.4, 0.5) is 18.9 Å². The molecule has 0 aromatic heterocycles. The number of alkyl halides is 3. The van der Waals surface area contributed by atoms with Crippen LogP contribution in [-0.2, 0) is 11.3 Å². The Morgan fingerprint density at radius 3 is 2.61 bits per heavy atom. The Bertz CT molecular complexity index is 380. The molecule has 18 heavy (non-hydrogen) atoms. The lowest BCUT2D eigenvalue weighted by molar-refractivity contribution is -0.146. The summed E-state index contributed by atoms with van der Waals surface area (Å²) in [6, 6.07) is 4.99. The number of hydrogen-bond donors (Lipinski definition) is 1. The van der Waals surface area contributed by atoms with Gasteiger partial charge in [0, 0.05) is 11.3 Å². The van der Waals surface area contributed by atoms with Gasteiger partial charge in [-0.1, -0.05) is 0 Å². The Labute approximate surface area is 104 Å². The fourth-order valence-corrected chi connectivity index (χ4v) is 1.38. The summed E-state index contributed by atoms with van der Waals surface area (Å²) >= 11 is 0. The van der Waals surface area contributed by atoms with Crippen molar-refractivity contribution >= 4 is 5.69 Å². The highest BCUT2D eigenvalue weighted by Crippen LogP contribution is 2.23. The molecular weight excluding hydrogens is 247 g/mol. The second kappa shape index (κ2) is 6.49. The van der Waals surface area contributed by atoms with E-state index < -0.39 is 12.6 Å². The standard InChI is InChI=1S/C12H16F3NO2/c1-2-18-11-4-3-10(16)7-9(11)8-17-6-5-12(13,14)15/h3-4,7H,2,5-6,8,16H2,1H3. The molecule has 0 aliphatic rings. The molecule has 0 bridgehead atoms. The summed E-state index contributed by atoms with van der Waals surface area (Å²) in [5, 5.41) is 0. The van der Waals surface area contributed by atoms with Crippen molar-refractivity contribution in [2.24, 2.45) is 0 Å². The summed E-state index contributed by atoms with van der Waals surface area (Å²) < 4.78 is 46.1. The third kappa shape index (κ3) is 5.27. The molecule has 0 saturated carbocycles. The van der Waals surface area contributed by atoms with Crippen molar-refractivity contribution in [3.05, 3.63) is 23.8 Å². The average Bonchev–Trinajstić information content (AvgIpc) is 2.27. The van der Waals surface area contributed by atoms with Gasteiger partial charge < -0.3 is 15.2 Å². The van der Waals surface area contributed by atoms with Crippen LogP contribution >= 0.6 is 0 Å². The summed E-state index contributed by atoms with van der Waals surface area (Å²) in [5.41, 5.74) is 6.78. The van der Waals surface area contributed by atoms with E-state index in [0.717, 1.165) is 0 Å². The monoisotopic (exact) mass is 263 g/mol. The molecule has 6 heteroatoms. The van der Waals surface area contributed by atoms with Gasteiger partial charge in [0.15, 0.2) is 0 Å². The minimum Gasteiger partial charge on any atom is -0.494 e. The van der Waals surface area contributed by atoms with E-state index >= 15 is 0 Å². The highest BCUT2D eigenvalue weighted by atomic mass is 19.4. The summed E-state index contributed by atoms with van der Waals surface area (Å²) in [5.74, 6) is 0.582. The van der Waals surface area contributed by atoms with Gasteiger partial charge in [0.25, 0.3) is 0 Å². The fraction of sp³-hybridized carbons (Fsp3) is 0.500. The molecule has 0 aliphatic carbocycles. The van der Waals surface area contributed by atoms with Crippen molar-refractivity contribution in [1.29, 1.82) is 0 Å². The molecule has 102 valence electrons. The molecule has 0 radical (unpaired) electrons. The van der Waals surface area contributed by atoms with E-state index in [9.17, 15) is 13.2 Å². The van der Waals surface area contributed by atoms with Crippen molar-refractivity contribution in [2.75, 3.05) is 18.9 Å². The molecule has 3 nitrogen and oxygen atoms in total. The van der Waals surface area contributed by atoms with Crippen LogP contribution in [0.2, 0.25) is 0 Å². The Hall–Kier alpha value is -1.43. The molecular formula is C12H16F3NO2. The summed E-state index contributed by atoms with van der Waals surface area (Å²) in [6.45, 7) is 1.98. The number of ether oxygens (including phenoxy) is 2. The molecule has 2 N–H and O–H groups in total. The SMILES string of the molecule is CCOc1ccc(N)cc1COCCC(F)(F)F. The predicted molar refractivity (Wildman–Crippen MR) is 62.4 cm³/mol. The van der Waals surface area contributed by atoms with E-state index in [1.165, 1.54) is 0 Å². The van der Waals surface area contributed by atoms with Crippen molar-refractivity contribution in [2.45, 2.75) is 26.1 Å². The van der Waals surface area contributed by atoms with E-state index in [4.69, 9.17) is 15.2 Å². The molecule has 1 aromatic carbocycles. The van der Waals surface area contributed by atoms with Gasteiger partial charge in [-0.15, -0.1) is 0 Å². The van der Waals surface area contributed by atoms with Gasteiger partial charge >= 0.3 is 6.18 Å². The van der Waals surface area contributed by atoms with Gasteiger partial charge in [-0.2, -0.15) is 13.2 Å². The van der Waals surface area contributed by atoms with Crippen LogP contribution in [0.3, 0.4) is 0 Å². The van der Waals surface area contributed by atoms with Gasteiger partial charge in [-0.3, -0.25) is 0 Å². The van der Waals surface area contributed by atoms with Crippen molar-refractivity contribution in [1.82, 2.24) is 0 Å². The Balaban J connectivity index is 2.52. The van der Waals surface area contributed by atoms with Crippen LogP contribution < -0.4 is 10.5 Å². The molecule has 0 aliphatic heterocycles. The number of rotatable bonds is 6. The van der Waals surface area contributed by atoms with Crippen molar-refractivity contribution in [3.8, 4) is 5.75 Å². The van der Waals surface area contributed by atoms with E-state index in [-0.39, 0.29) is 13.2 Å². The number of hydrogen-bond acceptors (Lipinski definition) is 3. The Kier molecular flexibility index (Phi) is 5.27. The van der Waals surface area contributed by atoms with Crippen LogP contribution in [0.1, 0.15) is 18.9 Å². The highest BCUT2D eigenvalue weighted by Gasteiger charge is 2.26. The van der Waals surface area contributed by atoms with E-state index in [2.05, 4.69) is 0 Å². The molecule has 0 atom stereocenters. The largest absolute Gasteiger partial charge is 0.494 e. The van der Waals surface area contributed by atoms with Crippen LogP contribution in [0.25, 0.3) is 0 Å². The number of anilines is 1.